The number of pyridine rings is 2. The van der Waals surface area contributed by atoms with Crippen molar-refractivity contribution in [1.82, 2.24) is 19.9 Å². The molecule has 4 rings (SSSR count). The fourth-order valence-corrected chi connectivity index (χ4v) is 2.35. The Balaban J connectivity index is 1.91. The average molecular weight is 260 g/mol. The van der Waals surface area contributed by atoms with Gasteiger partial charge in [-0.05, 0) is 43.3 Å². The summed E-state index contributed by atoms with van der Waals surface area (Å²) < 4.78 is 0. The summed E-state index contributed by atoms with van der Waals surface area (Å²) in [6.07, 6.45) is 1.80. The number of rotatable bonds is 1. The molecule has 0 spiro atoms. The molecule has 0 aliphatic heterocycles. The van der Waals surface area contributed by atoms with Gasteiger partial charge in [-0.3, -0.25) is 4.98 Å². The van der Waals surface area contributed by atoms with Crippen LogP contribution in [0.25, 0.3) is 33.5 Å². The summed E-state index contributed by atoms with van der Waals surface area (Å²) >= 11 is 0. The standard InChI is InChI=1S/C16H12N4/c1-10-4-6-14-16(18-10)20-15(19-14)12-5-7-13-11(9-12)3-2-8-17-13/h2-9H,1H3,(H,18,19,20). The number of aromatic amines is 1. The molecule has 0 fully saturated rings. The summed E-state index contributed by atoms with van der Waals surface area (Å²) in [6, 6.07) is 14.1. The minimum Gasteiger partial charge on any atom is -0.337 e. The molecule has 4 nitrogen and oxygen atoms in total. The Hall–Kier alpha value is -2.75. The van der Waals surface area contributed by atoms with Gasteiger partial charge in [0.15, 0.2) is 5.65 Å². The van der Waals surface area contributed by atoms with Crippen LogP contribution in [0.15, 0.2) is 48.7 Å². The third-order valence-electron chi connectivity index (χ3n) is 3.36. The Morgan fingerprint density at radius 2 is 1.95 bits per heavy atom. The van der Waals surface area contributed by atoms with Gasteiger partial charge in [-0.2, -0.15) is 0 Å². The second kappa shape index (κ2) is 4.13. The van der Waals surface area contributed by atoms with Gasteiger partial charge in [0.25, 0.3) is 0 Å². The van der Waals surface area contributed by atoms with Crippen LogP contribution in [-0.2, 0) is 0 Å². The second-order valence-corrected chi connectivity index (χ2v) is 4.82. The lowest BCUT2D eigenvalue weighted by Crippen LogP contribution is -1.83. The largest absolute Gasteiger partial charge is 0.337 e. The van der Waals surface area contributed by atoms with E-state index in [1.165, 1.54) is 0 Å². The van der Waals surface area contributed by atoms with Crippen LogP contribution in [0.1, 0.15) is 5.69 Å². The van der Waals surface area contributed by atoms with Crippen molar-refractivity contribution in [3.05, 3.63) is 54.4 Å². The van der Waals surface area contributed by atoms with Gasteiger partial charge in [0.1, 0.15) is 5.82 Å². The van der Waals surface area contributed by atoms with E-state index in [0.29, 0.717) is 0 Å². The van der Waals surface area contributed by atoms with E-state index in [2.05, 4.69) is 32.1 Å². The fraction of sp³-hybridized carbons (Fsp3) is 0.0625. The summed E-state index contributed by atoms with van der Waals surface area (Å²) in [5.74, 6) is 0.837. The number of fused-ring (bicyclic) bond motifs is 2. The van der Waals surface area contributed by atoms with Crippen LogP contribution in [0.2, 0.25) is 0 Å². The smallest absolute Gasteiger partial charge is 0.178 e. The first-order valence-electron chi connectivity index (χ1n) is 6.48. The first kappa shape index (κ1) is 11.1. The number of H-pyrrole nitrogens is 1. The minimum absolute atomic E-state index is 0.756. The monoisotopic (exact) mass is 260 g/mol. The Morgan fingerprint density at radius 3 is 2.90 bits per heavy atom. The third kappa shape index (κ3) is 1.73. The number of benzene rings is 1. The number of hydrogen-bond donors (Lipinski definition) is 1. The number of nitrogens with zero attached hydrogens (tertiary/aromatic N) is 3. The molecule has 4 aromatic rings. The Morgan fingerprint density at radius 1 is 1.00 bits per heavy atom. The average Bonchev–Trinajstić information content (AvgIpc) is 2.89. The molecule has 4 heteroatoms. The molecule has 1 N–H and O–H groups in total. The maximum atomic E-state index is 4.56. The zero-order valence-corrected chi connectivity index (χ0v) is 11.0. The predicted molar refractivity (Wildman–Crippen MR) is 79.4 cm³/mol. The van der Waals surface area contributed by atoms with Crippen molar-refractivity contribution >= 4 is 22.1 Å². The topological polar surface area (TPSA) is 54.5 Å². The normalized spacial score (nSPS) is 11.2. The van der Waals surface area contributed by atoms with Gasteiger partial charge in [0.05, 0.1) is 11.0 Å². The molecule has 0 unspecified atom stereocenters. The Kier molecular flexibility index (Phi) is 2.29. The molecule has 1 aromatic carbocycles. The van der Waals surface area contributed by atoms with Crippen LogP contribution in [-0.4, -0.2) is 19.9 Å². The first-order chi connectivity index (χ1) is 9.79. The molecule has 3 heterocycles. The Bertz CT molecular complexity index is 924. The Labute approximate surface area is 115 Å². The summed E-state index contributed by atoms with van der Waals surface area (Å²) in [5, 5.41) is 1.11. The van der Waals surface area contributed by atoms with Gasteiger partial charge in [-0.25, -0.2) is 9.97 Å². The molecule has 0 aliphatic carbocycles. The number of aromatic nitrogens is 4. The van der Waals surface area contributed by atoms with Crippen LogP contribution in [0, 0.1) is 6.92 Å². The van der Waals surface area contributed by atoms with Crippen molar-refractivity contribution in [1.29, 1.82) is 0 Å². The zero-order valence-electron chi connectivity index (χ0n) is 11.0. The highest BCUT2D eigenvalue weighted by Gasteiger charge is 2.07. The van der Waals surface area contributed by atoms with Gasteiger partial charge < -0.3 is 4.98 Å². The number of imidazole rings is 1. The van der Waals surface area contributed by atoms with E-state index in [1.807, 2.05) is 37.3 Å². The fourth-order valence-electron chi connectivity index (χ4n) is 2.35. The van der Waals surface area contributed by atoms with E-state index in [4.69, 9.17) is 0 Å². The molecule has 20 heavy (non-hydrogen) atoms. The lowest BCUT2D eigenvalue weighted by atomic mass is 10.1. The molecular weight excluding hydrogens is 248 g/mol. The minimum atomic E-state index is 0.756. The SMILES string of the molecule is Cc1ccc2[nH]c(-c3ccc4ncccc4c3)nc2n1. The first-order valence-corrected chi connectivity index (χ1v) is 6.48. The quantitative estimate of drug-likeness (QED) is 0.570. The second-order valence-electron chi connectivity index (χ2n) is 4.82. The predicted octanol–water partition coefficient (Wildman–Crippen LogP) is 3.48. The number of aryl methyl sites for hydroxylation is 1. The summed E-state index contributed by atoms with van der Waals surface area (Å²) in [4.78, 5) is 16.6. The van der Waals surface area contributed by atoms with E-state index in [9.17, 15) is 0 Å². The van der Waals surface area contributed by atoms with Crippen molar-refractivity contribution in [3.8, 4) is 11.4 Å². The molecule has 0 saturated heterocycles. The molecule has 0 bridgehead atoms. The van der Waals surface area contributed by atoms with Crippen molar-refractivity contribution < 1.29 is 0 Å². The molecule has 0 amide bonds. The lowest BCUT2D eigenvalue weighted by molar-refractivity contribution is 1.22. The van der Waals surface area contributed by atoms with Crippen LogP contribution >= 0.6 is 0 Å². The number of hydrogen-bond acceptors (Lipinski definition) is 3. The highest BCUT2D eigenvalue weighted by Crippen LogP contribution is 2.23. The molecule has 96 valence electrons. The van der Waals surface area contributed by atoms with Crippen LogP contribution in [0.5, 0.6) is 0 Å². The molecule has 0 atom stereocenters. The number of nitrogens with one attached hydrogen (secondary N) is 1. The maximum Gasteiger partial charge on any atom is 0.178 e. The van der Waals surface area contributed by atoms with E-state index in [0.717, 1.165) is 39.1 Å². The van der Waals surface area contributed by atoms with Crippen molar-refractivity contribution in [2.45, 2.75) is 6.92 Å². The van der Waals surface area contributed by atoms with Crippen LogP contribution in [0.4, 0.5) is 0 Å². The van der Waals surface area contributed by atoms with Crippen LogP contribution < -0.4 is 0 Å². The molecule has 0 radical (unpaired) electrons. The molecular formula is C16H12N4. The van der Waals surface area contributed by atoms with E-state index >= 15 is 0 Å². The molecule has 0 aliphatic rings. The van der Waals surface area contributed by atoms with Gasteiger partial charge in [0, 0.05) is 22.8 Å². The summed E-state index contributed by atoms with van der Waals surface area (Å²) in [7, 11) is 0. The third-order valence-corrected chi connectivity index (χ3v) is 3.36. The maximum absolute atomic E-state index is 4.56. The van der Waals surface area contributed by atoms with Crippen LogP contribution in [0.3, 0.4) is 0 Å². The summed E-state index contributed by atoms with van der Waals surface area (Å²) in [5.41, 5.74) is 4.71. The van der Waals surface area contributed by atoms with E-state index in [1.54, 1.807) is 6.20 Å². The van der Waals surface area contributed by atoms with Gasteiger partial charge in [0.2, 0.25) is 0 Å². The summed E-state index contributed by atoms with van der Waals surface area (Å²) in [6.45, 7) is 1.97. The van der Waals surface area contributed by atoms with Gasteiger partial charge in [-0.1, -0.05) is 6.07 Å². The van der Waals surface area contributed by atoms with Crippen molar-refractivity contribution in [3.63, 3.8) is 0 Å². The highest BCUT2D eigenvalue weighted by atomic mass is 15.0. The highest BCUT2D eigenvalue weighted by molar-refractivity contribution is 5.84. The van der Waals surface area contributed by atoms with E-state index in [-0.39, 0.29) is 0 Å². The molecule has 0 saturated carbocycles. The van der Waals surface area contributed by atoms with Gasteiger partial charge in [-0.15, -0.1) is 0 Å². The lowest BCUT2D eigenvalue weighted by Gasteiger charge is -1.99. The van der Waals surface area contributed by atoms with Crippen molar-refractivity contribution in [2.24, 2.45) is 0 Å². The van der Waals surface area contributed by atoms with Crippen molar-refractivity contribution in [2.75, 3.05) is 0 Å². The van der Waals surface area contributed by atoms with E-state index < -0.39 is 0 Å². The zero-order chi connectivity index (χ0) is 13.5. The van der Waals surface area contributed by atoms with Gasteiger partial charge >= 0.3 is 0 Å². The molecule has 3 aromatic heterocycles.